The number of hydrogen-bond acceptors (Lipinski definition) is 5. The predicted molar refractivity (Wildman–Crippen MR) is 123 cm³/mol. The van der Waals surface area contributed by atoms with Crippen molar-refractivity contribution >= 4 is 11.7 Å². The molecule has 1 unspecified atom stereocenters. The van der Waals surface area contributed by atoms with Crippen LogP contribution >= 0.6 is 0 Å². The molecule has 1 aliphatic heterocycles. The highest BCUT2D eigenvalue weighted by Crippen LogP contribution is 2.65. The molecule has 6 nitrogen and oxygen atoms in total. The summed E-state index contributed by atoms with van der Waals surface area (Å²) in [5.74, 6) is -0.401. The van der Waals surface area contributed by atoms with Crippen LogP contribution in [0.2, 0.25) is 0 Å². The van der Waals surface area contributed by atoms with Crippen LogP contribution in [0.15, 0.2) is 48.8 Å². The van der Waals surface area contributed by atoms with Gasteiger partial charge in [-0.25, -0.2) is 19.3 Å². The van der Waals surface area contributed by atoms with E-state index in [0.29, 0.717) is 24.4 Å². The van der Waals surface area contributed by atoms with Crippen LogP contribution in [0, 0.1) is 18.2 Å². The highest BCUT2D eigenvalue weighted by Gasteiger charge is 2.70. The average molecular weight is 497 g/mol. The van der Waals surface area contributed by atoms with Crippen LogP contribution in [0.4, 0.5) is 23.4 Å². The second-order valence-electron chi connectivity index (χ2n) is 10.2. The summed E-state index contributed by atoms with van der Waals surface area (Å²) < 4.78 is 54.3. The van der Waals surface area contributed by atoms with Crippen molar-refractivity contribution in [3.8, 4) is 11.4 Å². The summed E-state index contributed by atoms with van der Waals surface area (Å²) in [5.41, 5.74) is -0.436. The third-order valence-electron chi connectivity index (χ3n) is 7.58. The van der Waals surface area contributed by atoms with E-state index in [0.717, 1.165) is 31.4 Å². The van der Waals surface area contributed by atoms with Gasteiger partial charge in [0.15, 0.2) is 5.82 Å². The van der Waals surface area contributed by atoms with Crippen LogP contribution in [0.5, 0.6) is 0 Å². The summed E-state index contributed by atoms with van der Waals surface area (Å²) in [5, 5.41) is 3.16. The van der Waals surface area contributed by atoms with E-state index < -0.39 is 23.1 Å². The fourth-order valence-corrected chi connectivity index (χ4v) is 5.61. The Kier molecular flexibility index (Phi) is 4.90. The van der Waals surface area contributed by atoms with Gasteiger partial charge in [-0.05, 0) is 74.4 Å². The van der Waals surface area contributed by atoms with Gasteiger partial charge in [0, 0.05) is 30.2 Å². The molecule has 3 aromatic rings. The highest BCUT2D eigenvalue weighted by atomic mass is 19.4. The lowest BCUT2D eigenvalue weighted by molar-refractivity contribution is -0.137. The molecule has 10 heteroatoms. The van der Waals surface area contributed by atoms with Crippen LogP contribution in [-0.4, -0.2) is 43.9 Å². The van der Waals surface area contributed by atoms with Crippen molar-refractivity contribution in [2.75, 3.05) is 11.9 Å². The number of rotatable bonds is 4. The second-order valence-corrected chi connectivity index (χ2v) is 10.2. The minimum absolute atomic E-state index is 0.0139. The lowest BCUT2D eigenvalue weighted by Gasteiger charge is -2.27. The lowest BCUT2D eigenvalue weighted by atomic mass is 10.0. The van der Waals surface area contributed by atoms with E-state index in [2.05, 4.69) is 20.3 Å². The number of aromatic nitrogens is 3. The molecule has 2 spiro atoms. The van der Waals surface area contributed by atoms with E-state index in [9.17, 15) is 22.4 Å². The Morgan fingerprint density at radius 2 is 1.89 bits per heavy atom. The number of halogens is 4. The van der Waals surface area contributed by atoms with Crippen LogP contribution in [-0.2, 0) is 6.18 Å². The van der Waals surface area contributed by atoms with Crippen molar-refractivity contribution in [1.82, 2.24) is 19.9 Å². The molecular weight excluding hydrogens is 474 g/mol. The van der Waals surface area contributed by atoms with Gasteiger partial charge in [0.25, 0.3) is 5.91 Å². The van der Waals surface area contributed by atoms with Crippen molar-refractivity contribution in [2.45, 2.75) is 50.4 Å². The maximum Gasteiger partial charge on any atom is 0.416 e. The number of likely N-dealkylation sites (tertiary alicyclic amines) is 1. The summed E-state index contributed by atoms with van der Waals surface area (Å²) in [6.07, 6.45) is 1.96. The van der Waals surface area contributed by atoms with Gasteiger partial charge in [0.1, 0.15) is 11.6 Å². The molecule has 3 fully saturated rings. The molecule has 1 saturated heterocycles. The summed E-state index contributed by atoms with van der Waals surface area (Å²) >= 11 is 0. The Labute approximate surface area is 204 Å². The largest absolute Gasteiger partial charge is 0.416 e. The number of alkyl halides is 3. The highest BCUT2D eigenvalue weighted by molar-refractivity contribution is 6.01. The maximum atomic E-state index is 14.3. The minimum Gasteiger partial charge on any atom is -0.365 e. The molecule has 1 amide bonds. The summed E-state index contributed by atoms with van der Waals surface area (Å²) in [6.45, 7) is 2.05. The van der Waals surface area contributed by atoms with Crippen LogP contribution < -0.4 is 5.32 Å². The van der Waals surface area contributed by atoms with Gasteiger partial charge in [0.2, 0.25) is 0 Å². The van der Waals surface area contributed by atoms with Crippen molar-refractivity contribution in [3.05, 3.63) is 71.4 Å². The van der Waals surface area contributed by atoms with Gasteiger partial charge >= 0.3 is 6.18 Å². The molecule has 2 atom stereocenters. The Morgan fingerprint density at radius 3 is 2.58 bits per heavy atom. The summed E-state index contributed by atoms with van der Waals surface area (Å²) in [4.78, 5) is 28.4. The SMILES string of the molecule is Cc1cc(C(F)(F)F)cc(N[C@H]2CC23CC2(CC2)CN3C(=O)c2cc(F)ccc2-c2ncccn2)n1. The number of hydrogen-bond donors (Lipinski definition) is 1. The molecule has 3 aliphatic rings. The summed E-state index contributed by atoms with van der Waals surface area (Å²) in [7, 11) is 0. The molecule has 186 valence electrons. The number of pyridine rings is 1. The summed E-state index contributed by atoms with van der Waals surface area (Å²) in [6, 6.07) is 7.41. The topological polar surface area (TPSA) is 71.0 Å². The van der Waals surface area contributed by atoms with E-state index in [4.69, 9.17) is 0 Å². The van der Waals surface area contributed by atoms with Gasteiger partial charge in [-0.15, -0.1) is 0 Å². The lowest BCUT2D eigenvalue weighted by Crippen LogP contribution is -2.41. The average Bonchev–Trinajstić information content (AvgIpc) is 3.71. The molecule has 0 radical (unpaired) electrons. The Bertz CT molecular complexity index is 1360. The number of nitrogens with zero attached hydrogens (tertiary/aromatic N) is 4. The van der Waals surface area contributed by atoms with E-state index in [1.165, 1.54) is 25.1 Å². The normalized spacial score (nSPS) is 23.8. The number of nitrogens with one attached hydrogen (secondary N) is 1. The maximum absolute atomic E-state index is 14.3. The number of amides is 1. The first-order valence-electron chi connectivity index (χ1n) is 11.8. The monoisotopic (exact) mass is 497 g/mol. The number of anilines is 1. The van der Waals surface area contributed by atoms with Gasteiger partial charge in [-0.2, -0.15) is 13.2 Å². The fraction of sp³-hybridized carbons (Fsp3) is 0.385. The first-order valence-corrected chi connectivity index (χ1v) is 11.8. The molecule has 1 aromatic carbocycles. The number of carbonyl (C=O) groups is 1. The molecule has 2 aromatic heterocycles. The van der Waals surface area contributed by atoms with Crippen molar-refractivity contribution in [1.29, 1.82) is 0 Å². The Morgan fingerprint density at radius 1 is 1.14 bits per heavy atom. The van der Waals surface area contributed by atoms with Gasteiger partial charge in [0.05, 0.1) is 22.7 Å². The first-order chi connectivity index (χ1) is 17.1. The Balaban J connectivity index is 1.32. The fourth-order valence-electron chi connectivity index (χ4n) is 5.61. The van der Waals surface area contributed by atoms with Crippen molar-refractivity contribution < 1.29 is 22.4 Å². The molecule has 2 aliphatic carbocycles. The van der Waals surface area contributed by atoms with Crippen LogP contribution in [0.1, 0.15) is 47.3 Å². The van der Waals surface area contributed by atoms with E-state index in [-0.39, 0.29) is 34.4 Å². The van der Waals surface area contributed by atoms with Crippen molar-refractivity contribution in [3.63, 3.8) is 0 Å². The van der Waals surface area contributed by atoms with Crippen molar-refractivity contribution in [2.24, 2.45) is 5.41 Å². The number of benzene rings is 1. The van der Waals surface area contributed by atoms with Gasteiger partial charge in [-0.3, -0.25) is 4.79 Å². The molecule has 3 heterocycles. The standard InChI is InChI=1S/C26H23F4N5O/c1-15-9-16(26(28,29)30)10-21(33-15)34-20-12-25(20)13-24(5-6-24)14-35(25)23(36)19-11-17(27)3-4-18(19)22-31-7-2-8-32-22/h2-4,7-11,20H,5-6,12-14H2,1H3,(H,33,34)/t20-,25?/m0/s1. The second kappa shape index (κ2) is 7.72. The quantitative estimate of drug-likeness (QED) is 0.499. The molecule has 0 bridgehead atoms. The smallest absolute Gasteiger partial charge is 0.365 e. The van der Waals surface area contributed by atoms with Gasteiger partial charge in [-0.1, -0.05) is 0 Å². The number of carbonyl (C=O) groups excluding carboxylic acids is 1. The first kappa shape index (κ1) is 22.9. The predicted octanol–water partition coefficient (Wildman–Crippen LogP) is 5.25. The van der Waals surface area contributed by atoms with E-state index in [1.807, 2.05) is 0 Å². The minimum atomic E-state index is -4.48. The zero-order valence-corrected chi connectivity index (χ0v) is 19.4. The van der Waals surface area contributed by atoms with Crippen LogP contribution in [0.25, 0.3) is 11.4 Å². The Hall–Kier alpha value is -3.56. The van der Waals surface area contributed by atoms with E-state index >= 15 is 0 Å². The molecular formula is C26H23F4N5O. The van der Waals surface area contributed by atoms with Crippen LogP contribution in [0.3, 0.4) is 0 Å². The van der Waals surface area contributed by atoms with Gasteiger partial charge < -0.3 is 10.2 Å². The molecule has 2 saturated carbocycles. The molecule has 36 heavy (non-hydrogen) atoms. The molecule has 6 rings (SSSR count). The third kappa shape index (κ3) is 3.88. The zero-order valence-electron chi connectivity index (χ0n) is 19.4. The third-order valence-corrected chi connectivity index (χ3v) is 7.58. The number of aryl methyl sites for hydroxylation is 1. The zero-order chi connectivity index (χ0) is 25.3. The van der Waals surface area contributed by atoms with E-state index in [1.54, 1.807) is 23.4 Å². The molecule has 1 N–H and O–H groups in total.